The zero-order chi connectivity index (χ0) is 13.6. The van der Waals surface area contributed by atoms with E-state index in [-0.39, 0.29) is 12.4 Å². The van der Waals surface area contributed by atoms with E-state index in [0.717, 1.165) is 21.1 Å². The Morgan fingerprint density at radius 3 is 1.29 bits per heavy atom. The molecule has 1 atom stereocenters. The van der Waals surface area contributed by atoms with Gasteiger partial charge in [0, 0.05) is 0 Å². The van der Waals surface area contributed by atoms with Crippen LogP contribution < -0.4 is 12.4 Å². The van der Waals surface area contributed by atoms with Gasteiger partial charge in [0.25, 0.3) is 0 Å². The van der Waals surface area contributed by atoms with Gasteiger partial charge in [0.15, 0.2) is 0 Å². The van der Waals surface area contributed by atoms with Crippen molar-refractivity contribution in [3.05, 3.63) is 0 Å². The normalized spacial score (nSPS) is 16.4. The van der Waals surface area contributed by atoms with E-state index in [1.807, 2.05) is 0 Å². The van der Waals surface area contributed by atoms with Gasteiger partial charge in [-0.1, -0.05) is 0 Å². The predicted molar refractivity (Wildman–Crippen MR) is 38.9 cm³/mol. The second-order valence-electron chi connectivity index (χ2n) is 4.15. The Kier molecular flexibility index (Phi) is 5.32. The lowest BCUT2D eigenvalue weighted by Crippen LogP contribution is -3.00. The van der Waals surface area contributed by atoms with E-state index in [1.165, 1.54) is 0 Å². The van der Waals surface area contributed by atoms with Crippen molar-refractivity contribution < 1.29 is 52.0 Å². The topological polar surface area (TPSA) is 0 Å². The lowest BCUT2D eigenvalue weighted by Gasteiger charge is -2.36. The number of nitrogens with zero attached hydrogens (tertiary/aromatic N) is 1. The van der Waals surface area contributed by atoms with Crippen LogP contribution in [0.25, 0.3) is 0 Å². The Balaban J connectivity index is 0. The van der Waals surface area contributed by atoms with Crippen molar-refractivity contribution in [3.8, 4) is 0 Å². The molecule has 0 bridgehead atoms. The average Bonchev–Trinajstić information content (AvgIpc) is 1.98. The molecule has 0 fully saturated rings. The van der Waals surface area contributed by atoms with Gasteiger partial charge < -0.3 is 12.4 Å². The molecule has 0 aromatic carbocycles. The second kappa shape index (κ2) is 4.75. The molecule has 0 aliphatic rings. The van der Waals surface area contributed by atoms with E-state index in [4.69, 9.17) is 0 Å². The van der Waals surface area contributed by atoms with Crippen LogP contribution in [0.3, 0.4) is 0 Å². The van der Waals surface area contributed by atoms with Crippen molar-refractivity contribution in [2.24, 2.45) is 0 Å². The molecule has 0 heterocycles. The summed E-state index contributed by atoms with van der Waals surface area (Å²) in [6, 6.07) is 0. The molecule has 0 aromatic heterocycles. The van der Waals surface area contributed by atoms with Gasteiger partial charge in [0.05, 0.1) is 21.1 Å². The van der Waals surface area contributed by atoms with Gasteiger partial charge in [0.1, 0.15) is 0 Å². The fourth-order valence-electron chi connectivity index (χ4n) is 0.825. The maximum absolute atomic E-state index is 13.0. The lowest BCUT2D eigenvalue weighted by atomic mass is 10.1. The lowest BCUT2D eigenvalue weighted by molar-refractivity contribution is -0.923. The third-order valence-electron chi connectivity index (χ3n) is 1.75. The number of quaternary nitrogens is 1. The Morgan fingerprint density at radius 2 is 1.12 bits per heavy atom. The molecule has 1 unspecified atom stereocenters. The van der Waals surface area contributed by atoms with Gasteiger partial charge in [-0.15, -0.1) is 0 Å². The van der Waals surface area contributed by atoms with Gasteiger partial charge in [-0.05, 0) is 0 Å². The highest BCUT2D eigenvalue weighted by Gasteiger charge is 2.78. The quantitative estimate of drug-likeness (QED) is 0.385. The number of halogens is 9. The smallest absolute Gasteiger partial charge is 0.460 e. The zero-order valence-corrected chi connectivity index (χ0v) is 9.68. The van der Waals surface area contributed by atoms with Crippen molar-refractivity contribution >= 4 is 0 Å². The number of alkyl halides is 8. The predicted octanol–water partition coefficient (Wildman–Crippen LogP) is -0.175. The third kappa shape index (κ3) is 3.34. The molecule has 0 saturated heterocycles. The number of hydrogen-bond donors (Lipinski definition) is 0. The van der Waals surface area contributed by atoms with Crippen LogP contribution in [0.15, 0.2) is 0 Å². The summed E-state index contributed by atoms with van der Waals surface area (Å²) in [5.41, 5.74) is 0. The van der Waals surface area contributed by atoms with Crippen molar-refractivity contribution in [3.63, 3.8) is 0 Å². The van der Waals surface area contributed by atoms with Gasteiger partial charge in [-0.2, -0.15) is 35.1 Å². The molecule has 0 rings (SSSR count). The van der Waals surface area contributed by atoms with E-state index in [0.29, 0.717) is 0 Å². The Bertz CT molecular complexity index is 256. The summed E-state index contributed by atoms with van der Waals surface area (Å²) in [4.78, 5) is 0. The van der Waals surface area contributed by atoms with Gasteiger partial charge in [-0.25, -0.2) is 0 Å². The molecule has 0 amide bonds. The summed E-state index contributed by atoms with van der Waals surface area (Å²) in [6.45, 7) is 0. The highest BCUT2D eigenvalue weighted by atomic mass is 35.5. The highest BCUT2D eigenvalue weighted by molar-refractivity contribution is 4.93. The Hall–Kier alpha value is -0.310. The fraction of sp³-hybridized carbons (Fsp3) is 1.00. The van der Waals surface area contributed by atoms with Crippen LogP contribution >= 0.6 is 0 Å². The Labute approximate surface area is 98.4 Å². The van der Waals surface area contributed by atoms with Gasteiger partial charge in [0.2, 0.25) is 0 Å². The molecule has 0 aromatic rings. The van der Waals surface area contributed by atoms with Crippen LogP contribution in [0.4, 0.5) is 35.1 Å². The summed E-state index contributed by atoms with van der Waals surface area (Å²) in [5, 5.41) is 0. The molecule has 0 aliphatic carbocycles. The first-order valence-electron chi connectivity index (χ1n) is 3.93. The molecule has 0 aliphatic heterocycles. The number of rotatable bonds is 3. The van der Waals surface area contributed by atoms with Gasteiger partial charge >= 0.3 is 24.3 Å². The van der Waals surface area contributed by atoms with E-state index in [1.54, 1.807) is 0 Å². The first-order chi connectivity index (χ1) is 6.65. The molecule has 106 valence electrons. The molecule has 10 heteroatoms. The average molecular weight is 296 g/mol. The van der Waals surface area contributed by atoms with E-state index >= 15 is 0 Å². The minimum Gasteiger partial charge on any atom is -1.00 e. The van der Waals surface area contributed by atoms with Crippen LogP contribution in [0.2, 0.25) is 0 Å². The minimum absolute atomic E-state index is 0. The first-order valence-corrected chi connectivity index (χ1v) is 3.93. The zero-order valence-electron chi connectivity index (χ0n) is 8.93. The molecule has 0 N–H and O–H groups in total. The maximum Gasteiger partial charge on any atom is 0.460 e. The van der Waals surface area contributed by atoms with Gasteiger partial charge in [-0.3, -0.25) is 4.48 Å². The minimum atomic E-state index is -6.50. The van der Waals surface area contributed by atoms with Crippen LogP contribution in [0.5, 0.6) is 0 Å². The molecule has 0 saturated carbocycles. The van der Waals surface area contributed by atoms with Crippen LogP contribution in [-0.4, -0.2) is 49.9 Å². The van der Waals surface area contributed by atoms with Crippen LogP contribution in [0.1, 0.15) is 0 Å². The molecule has 1 nitrogen and oxygen atoms in total. The summed E-state index contributed by atoms with van der Waals surface area (Å²) >= 11 is 0. The molecular formula is C7H10ClF8N. The molecule has 0 spiro atoms. The summed E-state index contributed by atoms with van der Waals surface area (Å²) < 4.78 is 96.8. The van der Waals surface area contributed by atoms with Crippen molar-refractivity contribution in [1.29, 1.82) is 0 Å². The van der Waals surface area contributed by atoms with E-state index in [9.17, 15) is 35.1 Å². The van der Waals surface area contributed by atoms with Crippen LogP contribution in [0, 0.1) is 0 Å². The fourth-order valence-corrected chi connectivity index (χ4v) is 0.825. The highest BCUT2D eigenvalue weighted by Crippen LogP contribution is 2.49. The monoisotopic (exact) mass is 295 g/mol. The summed E-state index contributed by atoms with van der Waals surface area (Å²) in [5.74, 6) is -12.2. The molecule has 0 radical (unpaired) electrons. The second-order valence-corrected chi connectivity index (χ2v) is 4.15. The summed E-state index contributed by atoms with van der Waals surface area (Å²) in [7, 11) is 2.22. The van der Waals surface area contributed by atoms with Crippen molar-refractivity contribution in [1.82, 2.24) is 0 Å². The Morgan fingerprint density at radius 1 is 0.824 bits per heavy atom. The number of hydrogen-bond acceptors (Lipinski definition) is 0. The molecule has 17 heavy (non-hydrogen) atoms. The van der Waals surface area contributed by atoms with E-state index < -0.39 is 28.8 Å². The van der Waals surface area contributed by atoms with Crippen molar-refractivity contribution in [2.75, 3.05) is 21.1 Å². The molecular weight excluding hydrogens is 286 g/mol. The van der Waals surface area contributed by atoms with Crippen LogP contribution in [-0.2, 0) is 0 Å². The SMILES string of the molecule is C[N+](C)(C)C(F)C(F)(F)C(F)(F)C(F)(F)F.[Cl-]. The van der Waals surface area contributed by atoms with Crippen molar-refractivity contribution in [2.45, 2.75) is 24.3 Å². The standard InChI is InChI=1S/C7H10F8N.ClH/c1-16(2,3)4(8)5(9,10)6(11,12)7(13,14)15;/h4H,1-3H3;1H/q+1;/p-1. The first kappa shape index (κ1) is 19.0. The summed E-state index contributed by atoms with van der Waals surface area (Å²) in [6.07, 6.45) is -10.2. The van der Waals surface area contributed by atoms with E-state index in [2.05, 4.69) is 0 Å². The largest absolute Gasteiger partial charge is 1.00 e. The maximum atomic E-state index is 13.0. The third-order valence-corrected chi connectivity index (χ3v) is 1.75.